The van der Waals surface area contributed by atoms with Gasteiger partial charge in [-0.2, -0.15) is 0 Å². The predicted octanol–water partition coefficient (Wildman–Crippen LogP) is 1.50. The van der Waals surface area contributed by atoms with Crippen LogP contribution in [0.25, 0.3) is 0 Å². The number of nitrogens with two attached hydrogens (primary N) is 1. The van der Waals surface area contributed by atoms with Crippen LogP contribution in [-0.4, -0.2) is 29.4 Å². The molecule has 0 aromatic heterocycles. The van der Waals surface area contributed by atoms with Gasteiger partial charge in [0.1, 0.15) is 0 Å². The first-order valence-corrected chi connectivity index (χ1v) is 7.30. The zero-order valence-electron chi connectivity index (χ0n) is 10.4. The fraction of sp³-hybridized carbons (Fsp3) is 0.833. The molecule has 5 heteroatoms. The van der Waals surface area contributed by atoms with E-state index in [1.54, 1.807) is 11.8 Å². The molecule has 1 spiro atoms. The first kappa shape index (κ1) is 12.7. The molecule has 1 fully saturated rings. The number of thioether (sulfide) groups is 1. The van der Waals surface area contributed by atoms with Crippen LogP contribution in [0.5, 0.6) is 0 Å². The van der Waals surface area contributed by atoms with E-state index < -0.39 is 0 Å². The van der Waals surface area contributed by atoms with E-state index in [0.29, 0.717) is 11.8 Å². The molecule has 1 aliphatic carbocycles. The molecule has 4 nitrogen and oxygen atoms in total. The maximum atomic E-state index is 10.8. The van der Waals surface area contributed by atoms with Crippen LogP contribution in [0, 0.1) is 5.41 Å². The Balaban J connectivity index is 1.83. The molecule has 0 radical (unpaired) electrons. The Hall–Kier alpha value is -0.710. The number of rotatable bonds is 3. The molecule has 96 valence electrons. The Morgan fingerprint density at radius 2 is 2.29 bits per heavy atom. The summed E-state index contributed by atoms with van der Waals surface area (Å²) in [7, 11) is 0. The van der Waals surface area contributed by atoms with Gasteiger partial charge in [-0.25, -0.2) is 0 Å². The number of hydrogen-bond acceptors (Lipinski definition) is 4. The molecule has 2 rings (SSSR count). The van der Waals surface area contributed by atoms with Gasteiger partial charge in [-0.15, -0.1) is 0 Å². The van der Waals surface area contributed by atoms with Crippen LogP contribution >= 0.6 is 11.8 Å². The number of primary amides is 1. The number of aliphatic imine (C=N–C) groups is 1. The Morgan fingerprint density at radius 3 is 2.82 bits per heavy atom. The summed E-state index contributed by atoms with van der Waals surface area (Å²) in [6.45, 7) is 2.92. The van der Waals surface area contributed by atoms with Crippen molar-refractivity contribution in [2.75, 3.05) is 12.3 Å². The van der Waals surface area contributed by atoms with Crippen molar-refractivity contribution in [3.8, 4) is 0 Å². The zero-order valence-corrected chi connectivity index (χ0v) is 11.2. The number of amides is 1. The summed E-state index contributed by atoms with van der Waals surface area (Å²) >= 11 is 1.80. The van der Waals surface area contributed by atoms with Crippen LogP contribution in [-0.2, 0) is 4.79 Å². The highest BCUT2D eigenvalue weighted by molar-refractivity contribution is 8.13. The summed E-state index contributed by atoms with van der Waals surface area (Å²) in [5.74, 6) is 0.904. The molecular weight excluding hydrogens is 234 g/mol. The molecule has 1 atom stereocenters. The van der Waals surface area contributed by atoms with Crippen molar-refractivity contribution in [2.24, 2.45) is 16.1 Å². The third kappa shape index (κ3) is 3.37. The number of nitrogens with zero attached hydrogens (tertiary/aromatic N) is 1. The third-order valence-corrected chi connectivity index (χ3v) is 4.89. The molecule has 0 aromatic carbocycles. The van der Waals surface area contributed by atoms with E-state index in [1.165, 1.54) is 31.4 Å². The Bertz CT molecular complexity index is 324. The Labute approximate surface area is 107 Å². The minimum Gasteiger partial charge on any atom is -0.370 e. The predicted molar refractivity (Wildman–Crippen MR) is 72.1 cm³/mol. The van der Waals surface area contributed by atoms with Gasteiger partial charge < -0.3 is 11.1 Å². The van der Waals surface area contributed by atoms with E-state index in [2.05, 4.69) is 10.3 Å². The first-order chi connectivity index (χ1) is 8.10. The van der Waals surface area contributed by atoms with Crippen molar-refractivity contribution in [3.05, 3.63) is 0 Å². The highest BCUT2D eigenvalue weighted by atomic mass is 32.2. The molecule has 0 saturated heterocycles. The maximum absolute atomic E-state index is 10.8. The summed E-state index contributed by atoms with van der Waals surface area (Å²) < 4.78 is 0. The Morgan fingerprint density at radius 1 is 1.59 bits per heavy atom. The van der Waals surface area contributed by atoms with Crippen molar-refractivity contribution >= 4 is 22.8 Å². The second-order valence-electron chi connectivity index (χ2n) is 5.33. The van der Waals surface area contributed by atoms with Crippen molar-refractivity contribution in [1.29, 1.82) is 0 Å². The summed E-state index contributed by atoms with van der Waals surface area (Å²) in [5.41, 5.74) is 5.64. The van der Waals surface area contributed by atoms with E-state index in [1.807, 2.05) is 6.92 Å². The van der Waals surface area contributed by atoms with Crippen LogP contribution < -0.4 is 11.1 Å². The van der Waals surface area contributed by atoms with Crippen molar-refractivity contribution in [2.45, 2.75) is 45.1 Å². The lowest BCUT2D eigenvalue weighted by atomic mass is 9.89. The third-order valence-electron chi connectivity index (χ3n) is 3.61. The number of amidine groups is 1. The number of carbonyl (C=O) groups is 1. The van der Waals surface area contributed by atoms with E-state index in [9.17, 15) is 4.79 Å². The van der Waals surface area contributed by atoms with Crippen molar-refractivity contribution in [3.63, 3.8) is 0 Å². The van der Waals surface area contributed by atoms with Gasteiger partial charge >= 0.3 is 0 Å². The highest BCUT2D eigenvalue weighted by Gasteiger charge is 2.36. The fourth-order valence-corrected chi connectivity index (χ4v) is 3.89. The number of hydrogen-bond donors (Lipinski definition) is 2. The van der Waals surface area contributed by atoms with E-state index in [0.717, 1.165) is 11.7 Å². The molecule has 0 aromatic rings. The Kier molecular flexibility index (Phi) is 3.97. The van der Waals surface area contributed by atoms with Gasteiger partial charge in [-0.05, 0) is 25.2 Å². The monoisotopic (exact) mass is 255 g/mol. The standard InChI is InChI=1S/C12H21N3OS/c1-9(6-10(13)16)15-11-14-7-12(8-17-11)4-2-3-5-12/h9H,2-8H2,1H3,(H2,13,16)(H,14,15). The van der Waals surface area contributed by atoms with Gasteiger partial charge in [-0.1, -0.05) is 24.6 Å². The first-order valence-electron chi connectivity index (χ1n) is 6.32. The minimum atomic E-state index is -0.265. The summed E-state index contributed by atoms with van der Waals surface area (Å²) in [6.07, 6.45) is 5.74. The van der Waals surface area contributed by atoms with Crippen molar-refractivity contribution in [1.82, 2.24) is 5.32 Å². The largest absolute Gasteiger partial charge is 0.370 e. The molecule has 1 amide bonds. The van der Waals surface area contributed by atoms with Crippen LogP contribution in [0.1, 0.15) is 39.0 Å². The molecule has 1 heterocycles. The van der Waals surface area contributed by atoms with Crippen LogP contribution in [0.4, 0.5) is 0 Å². The quantitative estimate of drug-likeness (QED) is 0.803. The molecular formula is C12H21N3OS. The number of carbonyl (C=O) groups excluding carboxylic acids is 1. The molecule has 1 saturated carbocycles. The lowest BCUT2D eigenvalue weighted by Crippen LogP contribution is -2.38. The smallest absolute Gasteiger partial charge is 0.219 e. The second kappa shape index (κ2) is 5.29. The SMILES string of the molecule is CC(CC(N)=O)NC1=NCC2(CCCC2)CS1. The molecule has 2 aliphatic rings. The van der Waals surface area contributed by atoms with Gasteiger partial charge in [0, 0.05) is 24.8 Å². The maximum Gasteiger partial charge on any atom is 0.219 e. The van der Waals surface area contributed by atoms with Gasteiger partial charge in [-0.3, -0.25) is 9.79 Å². The van der Waals surface area contributed by atoms with E-state index >= 15 is 0 Å². The van der Waals surface area contributed by atoms with Gasteiger partial charge in [0.05, 0.1) is 0 Å². The minimum absolute atomic E-state index is 0.0800. The van der Waals surface area contributed by atoms with E-state index in [-0.39, 0.29) is 11.9 Å². The summed E-state index contributed by atoms with van der Waals surface area (Å²) in [5, 5.41) is 4.25. The van der Waals surface area contributed by atoms with Crippen LogP contribution in [0.3, 0.4) is 0 Å². The lowest BCUT2D eigenvalue weighted by Gasteiger charge is -2.31. The zero-order chi connectivity index (χ0) is 12.3. The summed E-state index contributed by atoms with van der Waals surface area (Å²) in [4.78, 5) is 15.4. The fourth-order valence-electron chi connectivity index (χ4n) is 2.63. The highest BCUT2D eigenvalue weighted by Crippen LogP contribution is 2.43. The summed E-state index contributed by atoms with van der Waals surface area (Å²) in [6, 6.07) is 0.0800. The van der Waals surface area contributed by atoms with Crippen molar-refractivity contribution < 1.29 is 4.79 Å². The average molecular weight is 255 g/mol. The van der Waals surface area contributed by atoms with Crippen LogP contribution in [0.15, 0.2) is 4.99 Å². The van der Waals surface area contributed by atoms with E-state index in [4.69, 9.17) is 5.73 Å². The molecule has 17 heavy (non-hydrogen) atoms. The molecule has 3 N–H and O–H groups in total. The lowest BCUT2D eigenvalue weighted by molar-refractivity contribution is -0.118. The average Bonchev–Trinajstić information content (AvgIpc) is 2.69. The van der Waals surface area contributed by atoms with Gasteiger partial charge in [0.25, 0.3) is 0 Å². The molecule has 1 unspecified atom stereocenters. The number of nitrogens with one attached hydrogen (secondary N) is 1. The van der Waals surface area contributed by atoms with Crippen LogP contribution in [0.2, 0.25) is 0 Å². The second-order valence-corrected chi connectivity index (χ2v) is 6.30. The van der Waals surface area contributed by atoms with Gasteiger partial charge in [0.15, 0.2) is 5.17 Å². The van der Waals surface area contributed by atoms with Gasteiger partial charge in [0.2, 0.25) is 5.91 Å². The molecule has 0 bridgehead atoms. The normalized spacial score (nSPS) is 24.4. The molecule has 1 aliphatic heterocycles. The topological polar surface area (TPSA) is 67.5 Å².